The predicted molar refractivity (Wildman–Crippen MR) is 58.0 cm³/mol. The highest BCUT2D eigenvalue weighted by Crippen LogP contribution is 2.35. The molecule has 0 spiro atoms. The average Bonchev–Trinajstić information content (AvgIpc) is 2.19. The van der Waals surface area contributed by atoms with E-state index in [-0.39, 0.29) is 0 Å². The van der Waals surface area contributed by atoms with Gasteiger partial charge in [0, 0.05) is 5.56 Å². The van der Waals surface area contributed by atoms with E-state index in [1.165, 1.54) is 0 Å². The molecule has 0 radical (unpaired) electrons. The minimum Gasteiger partial charge on any atom is -0.197 e. The molecule has 0 aromatic heterocycles. The average molecular weight is 243 g/mol. The third-order valence-electron chi connectivity index (χ3n) is 1.55. The van der Waals surface area contributed by atoms with Crippen LogP contribution >= 0.6 is 35.0 Å². The van der Waals surface area contributed by atoms with Crippen molar-refractivity contribution in [3.63, 3.8) is 0 Å². The van der Waals surface area contributed by atoms with Crippen molar-refractivity contribution in [2.75, 3.05) is 0 Å². The molecule has 5 heteroatoms. The zero-order valence-corrected chi connectivity index (χ0v) is 9.20. The molecule has 0 amide bonds. The van der Waals surface area contributed by atoms with Gasteiger partial charge in [-0.3, -0.25) is 0 Å². The van der Waals surface area contributed by atoms with E-state index in [1.807, 2.05) is 11.5 Å². The molecule has 0 aliphatic carbocycles. The second kappa shape index (κ2) is 5.12. The van der Waals surface area contributed by atoms with Crippen molar-refractivity contribution in [1.82, 2.24) is 0 Å². The lowest BCUT2D eigenvalue weighted by molar-refractivity contribution is 1.23. The molecule has 70 valence electrons. The summed E-state index contributed by atoms with van der Waals surface area (Å²) in [6.07, 6.45) is 0. The Hall–Kier alpha value is -0.870. The van der Waals surface area contributed by atoms with Crippen LogP contribution in [0.4, 0.5) is 0 Å². The molecule has 0 saturated carbocycles. The monoisotopic (exact) mass is 242 g/mol. The van der Waals surface area contributed by atoms with Gasteiger partial charge < -0.3 is 0 Å². The summed E-state index contributed by atoms with van der Waals surface area (Å²) < 4.78 is 0. The van der Waals surface area contributed by atoms with Crippen LogP contribution in [0.25, 0.3) is 0 Å². The number of rotatable bonds is 2. The van der Waals surface area contributed by atoms with E-state index >= 15 is 0 Å². The normalized spacial score (nSPS) is 11.4. The van der Waals surface area contributed by atoms with Gasteiger partial charge in [0.15, 0.2) is 0 Å². The molecule has 14 heavy (non-hydrogen) atoms. The van der Waals surface area contributed by atoms with Crippen LogP contribution < -0.4 is 0 Å². The van der Waals surface area contributed by atoms with Crippen molar-refractivity contribution in [2.45, 2.75) is 5.25 Å². The third kappa shape index (κ3) is 2.33. The highest BCUT2D eigenvalue weighted by Gasteiger charge is 2.15. The number of nitrogens with zero attached hydrogens (tertiary/aromatic N) is 2. The Morgan fingerprint density at radius 2 is 2.00 bits per heavy atom. The van der Waals surface area contributed by atoms with E-state index in [2.05, 4.69) is 0 Å². The van der Waals surface area contributed by atoms with Gasteiger partial charge in [-0.1, -0.05) is 35.3 Å². The molecule has 0 aliphatic rings. The molecule has 0 aliphatic heterocycles. The Labute approximate surface area is 96.0 Å². The molecule has 1 aromatic carbocycles. The lowest BCUT2D eigenvalue weighted by atomic mass is 10.1. The summed E-state index contributed by atoms with van der Waals surface area (Å²) in [6, 6.07) is 7.01. The maximum Gasteiger partial charge on any atom is 0.135 e. The van der Waals surface area contributed by atoms with Crippen LogP contribution in [-0.2, 0) is 0 Å². The smallest absolute Gasteiger partial charge is 0.135 e. The fourth-order valence-corrected chi connectivity index (χ4v) is 1.90. The van der Waals surface area contributed by atoms with E-state index in [4.69, 9.17) is 33.7 Å². The fourth-order valence-electron chi connectivity index (χ4n) is 0.935. The standard InChI is InChI=1S/C9H4Cl2N2S/c10-7-3-1-2-6(9(7)11)8(4-12)14-5-13/h1-3,8H. The van der Waals surface area contributed by atoms with E-state index < -0.39 is 5.25 Å². The Morgan fingerprint density at radius 3 is 2.57 bits per heavy atom. The molecule has 0 fully saturated rings. The lowest BCUT2D eigenvalue weighted by Crippen LogP contribution is -1.90. The van der Waals surface area contributed by atoms with Crippen LogP contribution in [0.15, 0.2) is 18.2 Å². The lowest BCUT2D eigenvalue weighted by Gasteiger charge is -2.07. The van der Waals surface area contributed by atoms with Gasteiger partial charge in [-0.15, -0.1) is 0 Å². The first-order valence-electron chi connectivity index (χ1n) is 3.59. The summed E-state index contributed by atoms with van der Waals surface area (Å²) in [5.41, 5.74) is 0.577. The van der Waals surface area contributed by atoms with Crippen LogP contribution in [0.2, 0.25) is 10.0 Å². The van der Waals surface area contributed by atoms with Gasteiger partial charge in [0.25, 0.3) is 0 Å². The molecule has 1 rings (SSSR count). The Morgan fingerprint density at radius 1 is 1.29 bits per heavy atom. The number of nitriles is 2. The molecule has 2 nitrogen and oxygen atoms in total. The summed E-state index contributed by atoms with van der Waals surface area (Å²) in [5, 5.41) is 19.3. The van der Waals surface area contributed by atoms with Crippen LogP contribution in [0.3, 0.4) is 0 Å². The van der Waals surface area contributed by atoms with Crippen molar-refractivity contribution in [2.24, 2.45) is 0 Å². The van der Waals surface area contributed by atoms with Crippen LogP contribution in [0.5, 0.6) is 0 Å². The molecule has 1 atom stereocenters. The molecular weight excluding hydrogens is 239 g/mol. The van der Waals surface area contributed by atoms with Gasteiger partial charge in [0.1, 0.15) is 10.7 Å². The predicted octanol–water partition coefficient (Wildman–Crippen LogP) is 3.77. The zero-order chi connectivity index (χ0) is 10.6. The van der Waals surface area contributed by atoms with E-state index in [9.17, 15) is 0 Å². The minimum absolute atomic E-state index is 0.337. The van der Waals surface area contributed by atoms with Gasteiger partial charge in [0.05, 0.1) is 16.1 Å². The van der Waals surface area contributed by atoms with Crippen molar-refractivity contribution >= 4 is 35.0 Å². The Bertz CT molecular complexity index is 420. The summed E-state index contributed by atoms with van der Waals surface area (Å²) in [7, 11) is 0. The highest BCUT2D eigenvalue weighted by molar-refractivity contribution is 8.04. The topological polar surface area (TPSA) is 47.6 Å². The molecule has 0 saturated heterocycles. The SMILES string of the molecule is N#CSC(C#N)c1cccc(Cl)c1Cl. The van der Waals surface area contributed by atoms with Crippen molar-refractivity contribution in [1.29, 1.82) is 10.5 Å². The summed E-state index contributed by atoms with van der Waals surface area (Å²) in [6.45, 7) is 0. The second-order valence-corrected chi connectivity index (χ2v) is 4.04. The van der Waals surface area contributed by atoms with Crippen LogP contribution in [-0.4, -0.2) is 0 Å². The Balaban J connectivity index is 3.13. The molecule has 0 heterocycles. The van der Waals surface area contributed by atoms with Gasteiger partial charge in [-0.25, -0.2) is 0 Å². The number of thiocyanates is 1. The van der Waals surface area contributed by atoms with Crippen molar-refractivity contribution in [3.8, 4) is 11.5 Å². The van der Waals surface area contributed by atoms with Crippen molar-refractivity contribution in [3.05, 3.63) is 33.8 Å². The number of thioether (sulfide) groups is 1. The number of hydrogen-bond acceptors (Lipinski definition) is 3. The van der Waals surface area contributed by atoms with E-state index in [1.54, 1.807) is 18.2 Å². The maximum absolute atomic E-state index is 8.80. The van der Waals surface area contributed by atoms with Crippen LogP contribution in [0, 0.1) is 22.0 Å². The summed E-state index contributed by atoms with van der Waals surface area (Å²) in [5.74, 6) is 0. The number of hydrogen-bond donors (Lipinski definition) is 0. The molecule has 0 N–H and O–H groups in total. The first-order chi connectivity index (χ1) is 6.70. The number of halogens is 2. The fraction of sp³-hybridized carbons (Fsp3) is 0.111. The van der Waals surface area contributed by atoms with Gasteiger partial charge in [-0.05, 0) is 17.8 Å². The van der Waals surface area contributed by atoms with Gasteiger partial charge in [0.2, 0.25) is 0 Å². The summed E-state index contributed by atoms with van der Waals surface area (Å²) >= 11 is 12.5. The zero-order valence-electron chi connectivity index (χ0n) is 6.87. The van der Waals surface area contributed by atoms with Crippen molar-refractivity contribution < 1.29 is 0 Å². The molecule has 1 aromatic rings. The quantitative estimate of drug-likeness (QED) is 0.742. The largest absolute Gasteiger partial charge is 0.197 e. The third-order valence-corrected chi connectivity index (χ3v) is 3.09. The maximum atomic E-state index is 8.80. The number of benzene rings is 1. The van der Waals surface area contributed by atoms with E-state index in [0.29, 0.717) is 15.6 Å². The summed E-state index contributed by atoms with van der Waals surface area (Å²) in [4.78, 5) is 0. The second-order valence-electron chi connectivity index (χ2n) is 2.36. The molecule has 1 unspecified atom stereocenters. The van der Waals surface area contributed by atoms with Crippen LogP contribution in [0.1, 0.15) is 10.8 Å². The highest BCUT2D eigenvalue weighted by atomic mass is 35.5. The van der Waals surface area contributed by atoms with Gasteiger partial charge >= 0.3 is 0 Å². The molecular formula is C9H4Cl2N2S. The molecule has 0 bridgehead atoms. The van der Waals surface area contributed by atoms with E-state index in [0.717, 1.165) is 11.8 Å². The minimum atomic E-state index is -0.591. The first kappa shape index (κ1) is 11.2. The van der Waals surface area contributed by atoms with Gasteiger partial charge in [-0.2, -0.15) is 10.5 Å². The first-order valence-corrected chi connectivity index (χ1v) is 5.22. The Kier molecular flexibility index (Phi) is 4.10.